The lowest BCUT2D eigenvalue weighted by Gasteiger charge is -2.09. The molecule has 0 aromatic heterocycles. The molecule has 1 aromatic rings. The molecule has 0 aliphatic carbocycles. The number of aliphatic carboxylic acids is 1. The number of carboxylic acids is 1. The standard InChI is InChI=1S/C14H19NO6S/c1-10(14(17)18)21-8-7-15-13(16)12-5-3-11(4-6-12)9-22(2,19)20/h3-6,10H,7-9H2,1-2H3,(H,15,16)(H,17,18). The predicted molar refractivity (Wildman–Crippen MR) is 80.4 cm³/mol. The minimum atomic E-state index is -3.11. The summed E-state index contributed by atoms with van der Waals surface area (Å²) in [5.41, 5.74) is 1.00. The van der Waals surface area contributed by atoms with Crippen LogP contribution >= 0.6 is 0 Å². The molecule has 0 saturated heterocycles. The number of rotatable bonds is 8. The van der Waals surface area contributed by atoms with E-state index in [9.17, 15) is 18.0 Å². The van der Waals surface area contributed by atoms with E-state index in [0.29, 0.717) is 11.1 Å². The second kappa shape index (κ2) is 7.90. The van der Waals surface area contributed by atoms with Gasteiger partial charge in [-0.2, -0.15) is 0 Å². The summed E-state index contributed by atoms with van der Waals surface area (Å²) in [6.07, 6.45) is 0.221. The Morgan fingerprint density at radius 1 is 1.27 bits per heavy atom. The van der Waals surface area contributed by atoms with Crippen LogP contribution in [0.3, 0.4) is 0 Å². The lowest BCUT2D eigenvalue weighted by molar-refractivity contribution is -0.148. The van der Waals surface area contributed by atoms with Gasteiger partial charge in [-0.15, -0.1) is 0 Å². The van der Waals surface area contributed by atoms with Gasteiger partial charge in [0.1, 0.15) is 0 Å². The summed E-state index contributed by atoms with van der Waals surface area (Å²) >= 11 is 0. The molecule has 1 aromatic carbocycles. The molecular weight excluding hydrogens is 310 g/mol. The van der Waals surface area contributed by atoms with Gasteiger partial charge in [0.2, 0.25) is 0 Å². The maximum Gasteiger partial charge on any atom is 0.332 e. The van der Waals surface area contributed by atoms with E-state index in [0.717, 1.165) is 6.26 Å². The van der Waals surface area contributed by atoms with Gasteiger partial charge in [-0.3, -0.25) is 4.79 Å². The largest absolute Gasteiger partial charge is 0.479 e. The van der Waals surface area contributed by atoms with Gasteiger partial charge in [0.15, 0.2) is 15.9 Å². The number of carboxylic acid groups (broad SMARTS) is 1. The normalized spacial score (nSPS) is 12.6. The number of nitrogens with one attached hydrogen (secondary N) is 1. The van der Waals surface area contributed by atoms with E-state index in [1.54, 1.807) is 12.1 Å². The fourth-order valence-electron chi connectivity index (χ4n) is 1.63. The third-order valence-corrected chi connectivity index (χ3v) is 3.61. The number of ether oxygens (including phenoxy) is 1. The van der Waals surface area contributed by atoms with Crippen molar-refractivity contribution in [3.05, 3.63) is 35.4 Å². The summed E-state index contributed by atoms with van der Waals surface area (Å²) < 4.78 is 27.3. The van der Waals surface area contributed by atoms with Crippen molar-refractivity contribution in [2.45, 2.75) is 18.8 Å². The fourth-order valence-corrected chi connectivity index (χ4v) is 2.43. The molecule has 7 nitrogen and oxygen atoms in total. The lowest BCUT2D eigenvalue weighted by atomic mass is 10.1. The van der Waals surface area contributed by atoms with Crippen LogP contribution in [-0.2, 0) is 25.1 Å². The van der Waals surface area contributed by atoms with Crippen LogP contribution in [0.4, 0.5) is 0 Å². The molecule has 1 unspecified atom stereocenters. The van der Waals surface area contributed by atoms with Gasteiger partial charge < -0.3 is 15.2 Å². The highest BCUT2D eigenvalue weighted by atomic mass is 32.2. The molecule has 1 amide bonds. The minimum absolute atomic E-state index is 0.0736. The zero-order valence-electron chi connectivity index (χ0n) is 12.4. The van der Waals surface area contributed by atoms with E-state index in [1.807, 2.05) is 0 Å². The Hall–Kier alpha value is -1.93. The smallest absolute Gasteiger partial charge is 0.332 e. The summed E-state index contributed by atoms with van der Waals surface area (Å²) in [5, 5.41) is 11.2. The molecule has 1 rings (SSSR count). The summed E-state index contributed by atoms with van der Waals surface area (Å²) in [6.45, 7) is 1.68. The molecule has 122 valence electrons. The van der Waals surface area contributed by atoms with Crippen molar-refractivity contribution >= 4 is 21.7 Å². The molecule has 0 spiro atoms. The maximum atomic E-state index is 11.8. The SMILES string of the molecule is CC(OCCNC(=O)c1ccc(CS(C)(=O)=O)cc1)C(=O)O. The molecule has 8 heteroatoms. The third kappa shape index (κ3) is 6.68. The highest BCUT2D eigenvalue weighted by Gasteiger charge is 2.11. The topological polar surface area (TPSA) is 110 Å². The molecule has 0 radical (unpaired) electrons. The molecular formula is C14H19NO6S. The Bertz CT molecular complexity index is 623. The highest BCUT2D eigenvalue weighted by molar-refractivity contribution is 7.89. The van der Waals surface area contributed by atoms with Crippen molar-refractivity contribution in [2.24, 2.45) is 0 Å². The predicted octanol–water partition coefficient (Wildman–Crippen LogP) is 0.451. The van der Waals surface area contributed by atoms with Gasteiger partial charge in [-0.25, -0.2) is 13.2 Å². The first kappa shape index (κ1) is 18.1. The monoisotopic (exact) mass is 329 g/mol. The minimum Gasteiger partial charge on any atom is -0.479 e. The van der Waals surface area contributed by atoms with E-state index < -0.39 is 21.9 Å². The van der Waals surface area contributed by atoms with Crippen LogP contribution in [0, 0.1) is 0 Å². The number of hydrogen-bond acceptors (Lipinski definition) is 5. The summed E-state index contributed by atoms with van der Waals surface area (Å²) in [4.78, 5) is 22.3. The van der Waals surface area contributed by atoms with Crippen molar-refractivity contribution in [1.29, 1.82) is 0 Å². The number of carbonyl (C=O) groups excluding carboxylic acids is 1. The third-order valence-electron chi connectivity index (χ3n) is 2.75. The van der Waals surface area contributed by atoms with Gasteiger partial charge in [-0.1, -0.05) is 12.1 Å². The van der Waals surface area contributed by atoms with E-state index >= 15 is 0 Å². The number of sulfone groups is 1. The van der Waals surface area contributed by atoms with Gasteiger partial charge in [0, 0.05) is 18.4 Å². The average molecular weight is 329 g/mol. The fraction of sp³-hybridized carbons (Fsp3) is 0.429. The number of benzene rings is 1. The summed E-state index contributed by atoms with van der Waals surface area (Å²) in [7, 11) is -3.11. The number of hydrogen-bond donors (Lipinski definition) is 2. The number of amides is 1. The van der Waals surface area contributed by atoms with Crippen LogP contribution in [-0.4, -0.2) is 50.9 Å². The van der Waals surface area contributed by atoms with Crippen molar-refractivity contribution in [3.8, 4) is 0 Å². The van der Waals surface area contributed by atoms with Crippen molar-refractivity contribution in [2.75, 3.05) is 19.4 Å². The quantitative estimate of drug-likeness (QED) is 0.670. The summed E-state index contributed by atoms with van der Waals surface area (Å²) in [6, 6.07) is 6.24. The molecule has 2 N–H and O–H groups in total. The lowest BCUT2D eigenvalue weighted by Crippen LogP contribution is -2.30. The van der Waals surface area contributed by atoms with Crippen molar-refractivity contribution in [1.82, 2.24) is 5.32 Å². The Morgan fingerprint density at radius 2 is 1.86 bits per heavy atom. The second-order valence-corrected chi connectivity index (χ2v) is 7.01. The molecule has 22 heavy (non-hydrogen) atoms. The molecule has 0 fully saturated rings. The molecule has 0 heterocycles. The Kier molecular flexibility index (Phi) is 6.51. The van der Waals surface area contributed by atoms with E-state index in [4.69, 9.17) is 9.84 Å². The van der Waals surface area contributed by atoms with Crippen molar-refractivity contribution < 1.29 is 27.9 Å². The second-order valence-electron chi connectivity index (χ2n) is 4.87. The van der Waals surface area contributed by atoms with Crippen molar-refractivity contribution in [3.63, 3.8) is 0 Å². The van der Waals surface area contributed by atoms with Crippen LogP contribution in [0.1, 0.15) is 22.8 Å². The van der Waals surface area contributed by atoms with Crippen LogP contribution in [0.15, 0.2) is 24.3 Å². The molecule has 1 atom stereocenters. The Labute approximate surface area is 129 Å². The first-order chi connectivity index (χ1) is 10.2. The zero-order valence-corrected chi connectivity index (χ0v) is 13.2. The van der Waals surface area contributed by atoms with Gasteiger partial charge in [-0.05, 0) is 24.6 Å². The molecule has 0 aliphatic heterocycles. The first-order valence-electron chi connectivity index (χ1n) is 6.58. The number of carbonyl (C=O) groups is 2. The Balaban J connectivity index is 2.44. The average Bonchev–Trinajstić information content (AvgIpc) is 2.42. The van der Waals surface area contributed by atoms with Crippen LogP contribution in [0.5, 0.6) is 0 Å². The van der Waals surface area contributed by atoms with Gasteiger partial charge in [0.05, 0.1) is 12.4 Å². The molecule has 0 saturated carbocycles. The van der Waals surface area contributed by atoms with Crippen LogP contribution < -0.4 is 5.32 Å². The summed E-state index contributed by atoms with van der Waals surface area (Å²) in [5.74, 6) is -1.47. The highest BCUT2D eigenvalue weighted by Crippen LogP contribution is 2.07. The van der Waals surface area contributed by atoms with Gasteiger partial charge in [0.25, 0.3) is 5.91 Å². The first-order valence-corrected chi connectivity index (χ1v) is 8.64. The Morgan fingerprint density at radius 3 is 2.36 bits per heavy atom. The van der Waals surface area contributed by atoms with Crippen LogP contribution in [0.25, 0.3) is 0 Å². The van der Waals surface area contributed by atoms with E-state index in [2.05, 4.69) is 5.32 Å². The van der Waals surface area contributed by atoms with Crippen LogP contribution in [0.2, 0.25) is 0 Å². The maximum absolute atomic E-state index is 11.8. The molecule has 0 aliphatic rings. The zero-order chi connectivity index (χ0) is 16.8. The molecule has 0 bridgehead atoms. The van der Waals surface area contributed by atoms with E-state index in [-0.39, 0.29) is 24.8 Å². The van der Waals surface area contributed by atoms with E-state index in [1.165, 1.54) is 19.1 Å². The van der Waals surface area contributed by atoms with Gasteiger partial charge >= 0.3 is 5.97 Å².